The van der Waals surface area contributed by atoms with Gasteiger partial charge in [-0.25, -0.2) is 0 Å². The Balaban J connectivity index is 2.00. The minimum Gasteiger partial charge on any atom is -0.481 e. The van der Waals surface area contributed by atoms with Gasteiger partial charge in [-0.15, -0.1) is 0 Å². The highest BCUT2D eigenvalue weighted by atomic mass is 16.4. The summed E-state index contributed by atoms with van der Waals surface area (Å²) in [5.41, 5.74) is 0.612. The highest BCUT2D eigenvalue weighted by molar-refractivity contribution is 5.99. The smallest absolute Gasteiger partial charge is 0.304 e. The van der Waals surface area contributed by atoms with E-state index in [-0.39, 0.29) is 30.3 Å². The molecule has 1 N–H and O–H groups in total. The molecule has 2 atom stereocenters. The van der Waals surface area contributed by atoms with E-state index in [4.69, 9.17) is 5.11 Å². The minimum atomic E-state index is -0.946. The summed E-state index contributed by atoms with van der Waals surface area (Å²) in [6.45, 7) is 0. The lowest BCUT2D eigenvalue weighted by molar-refractivity contribution is -0.142. The second-order valence-electron chi connectivity index (χ2n) is 5.32. The zero-order chi connectivity index (χ0) is 14.5. The predicted octanol–water partition coefficient (Wildman–Crippen LogP) is 2.72. The van der Waals surface area contributed by atoms with E-state index < -0.39 is 11.9 Å². The molecule has 1 aromatic rings. The molecule has 0 heterocycles. The average Bonchev–Trinajstić information content (AvgIpc) is 2.43. The molecule has 2 rings (SSSR count). The quantitative estimate of drug-likeness (QED) is 0.838. The molecule has 0 aliphatic heterocycles. The molecule has 0 bridgehead atoms. The Kier molecular flexibility index (Phi) is 4.66. The van der Waals surface area contributed by atoms with E-state index in [1.165, 1.54) is 0 Å². The Morgan fingerprint density at radius 1 is 1.05 bits per heavy atom. The molecule has 0 aromatic heterocycles. The van der Waals surface area contributed by atoms with Crippen molar-refractivity contribution in [3.8, 4) is 0 Å². The van der Waals surface area contributed by atoms with Crippen LogP contribution in [0.25, 0.3) is 0 Å². The molecule has 4 heteroatoms. The van der Waals surface area contributed by atoms with Gasteiger partial charge in [0.25, 0.3) is 0 Å². The van der Waals surface area contributed by atoms with Crippen molar-refractivity contribution in [2.45, 2.75) is 32.1 Å². The van der Waals surface area contributed by atoms with E-state index in [1.807, 2.05) is 6.07 Å². The SMILES string of the molecule is O=C(O)CC1CCCC(CC(=O)c2ccccc2)C1=O. The molecule has 106 valence electrons. The second kappa shape index (κ2) is 6.46. The lowest BCUT2D eigenvalue weighted by atomic mass is 9.76. The van der Waals surface area contributed by atoms with Crippen LogP contribution in [0.15, 0.2) is 30.3 Å². The number of carbonyl (C=O) groups excluding carboxylic acids is 2. The monoisotopic (exact) mass is 274 g/mol. The van der Waals surface area contributed by atoms with Crippen molar-refractivity contribution in [3.05, 3.63) is 35.9 Å². The van der Waals surface area contributed by atoms with Crippen molar-refractivity contribution in [1.29, 1.82) is 0 Å². The number of carboxylic acids is 1. The first-order valence-electron chi connectivity index (χ1n) is 6.91. The maximum absolute atomic E-state index is 12.2. The van der Waals surface area contributed by atoms with Crippen LogP contribution in [0, 0.1) is 11.8 Å². The summed E-state index contributed by atoms with van der Waals surface area (Å²) in [4.78, 5) is 35.1. The minimum absolute atomic E-state index is 0.0417. The zero-order valence-corrected chi connectivity index (χ0v) is 11.2. The number of rotatable bonds is 5. The number of hydrogen-bond donors (Lipinski definition) is 1. The van der Waals surface area contributed by atoms with Crippen molar-refractivity contribution in [1.82, 2.24) is 0 Å². The van der Waals surface area contributed by atoms with Gasteiger partial charge in [-0.2, -0.15) is 0 Å². The summed E-state index contributed by atoms with van der Waals surface area (Å²) in [7, 11) is 0. The first-order valence-corrected chi connectivity index (χ1v) is 6.91. The fourth-order valence-corrected chi connectivity index (χ4v) is 2.81. The van der Waals surface area contributed by atoms with Crippen LogP contribution in [0.2, 0.25) is 0 Å². The first-order chi connectivity index (χ1) is 9.58. The average molecular weight is 274 g/mol. The van der Waals surface area contributed by atoms with E-state index in [1.54, 1.807) is 24.3 Å². The number of ketones is 2. The van der Waals surface area contributed by atoms with Crippen molar-refractivity contribution >= 4 is 17.5 Å². The highest BCUT2D eigenvalue weighted by Crippen LogP contribution is 2.30. The van der Waals surface area contributed by atoms with Crippen LogP contribution < -0.4 is 0 Å². The Hall–Kier alpha value is -1.97. The van der Waals surface area contributed by atoms with Crippen molar-refractivity contribution in [2.75, 3.05) is 0 Å². The zero-order valence-electron chi connectivity index (χ0n) is 11.2. The molecule has 20 heavy (non-hydrogen) atoms. The summed E-state index contributed by atoms with van der Waals surface area (Å²) in [6.07, 6.45) is 2.21. The Morgan fingerprint density at radius 2 is 1.65 bits per heavy atom. The number of carboxylic acid groups (broad SMARTS) is 1. The van der Waals surface area contributed by atoms with Gasteiger partial charge in [-0.3, -0.25) is 14.4 Å². The fraction of sp³-hybridized carbons (Fsp3) is 0.438. The third kappa shape index (κ3) is 3.53. The largest absolute Gasteiger partial charge is 0.481 e. The maximum atomic E-state index is 12.2. The van der Waals surface area contributed by atoms with Crippen LogP contribution in [0.1, 0.15) is 42.5 Å². The highest BCUT2D eigenvalue weighted by Gasteiger charge is 2.33. The van der Waals surface area contributed by atoms with E-state index >= 15 is 0 Å². The maximum Gasteiger partial charge on any atom is 0.304 e. The number of Topliss-reactive ketones (excluding diaryl/α,β-unsaturated/α-hetero) is 2. The van der Waals surface area contributed by atoms with Gasteiger partial charge in [-0.1, -0.05) is 36.8 Å². The van der Waals surface area contributed by atoms with Crippen molar-refractivity contribution < 1.29 is 19.5 Å². The van der Waals surface area contributed by atoms with Crippen LogP contribution in [0.4, 0.5) is 0 Å². The van der Waals surface area contributed by atoms with E-state index in [2.05, 4.69) is 0 Å². The van der Waals surface area contributed by atoms with E-state index in [0.29, 0.717) is 18.4 Å². The number of hydrogen-bond acceptors (Lipinski definition) is 3. The summed E-state index contributed by atoms with van der Waals surface area (Å²) < 4.78 is 0. The standard InChI is InChI=1S/C16H18O4/c17-14(11-5-2-1-3-6-11)9-12-7-4-8-13(16(12)20)10-15(18)19/h1-3,5-6,12-13H,4,7-10H2,(H,18,19). The van der Waals surface area contributed by atoms with Gasteiger partial charge in [0, 0.05) is 23.8 Å². The number of carbonyl (C=O) groups is 3. The first kappa shape index (κ1) is 14.4. The topological polar surface area (TPSA) is 71.4 Å². The van der Waals surface area contributed by atoms with Gasteiger partial charge in [0.15, 0.2) is 5.78 Å². The molecule has 0 saturated heterocycles. The molecule has 0 spiro atoms. The number of aliphatic carboxylic acids is 1. The predicted molar refractivity (Wildman–Crippen MR) is 73.5 cm³/mol. The van der Waals surface area contributed by atoms with Gasteiger partial charge in [0.2, 0.25) is 0 Å². The van der Waals surface area contributed by atoms with Gasteiger partial charge in [-0.05, 0) is 12.8 Å². The normalized spacial score (nSPS) is 22.5. The summed E-state index contributed by atoms with van der Waals surface area (Å²) in [6, 6.07) is 8.91. The van der Waals surface area contributed by atoms with Gasteiger partial charge >= 0.3 is 5.97 Å². The molecular formula is C16H18O4. The number of benzene rings is 1. The van der Waals surface area contributed by atoms with Gasteiger partial charge in [0.05, 0.1) is 6.42 Å². The molecule has 1 saturated carbocycles. The Morgan fingerprint density at radius 3 is 2.25 bits per heavy atom. The van der Waals surface area contributed by atoms with Gasteiger partial charge in [0.1, 0.15) is 5.78 Å². The van der Waals surface area contributed by atoms with E-state index in [9.17, 15) is 14.4 Å². The molecule has 1 aliphatic carbocycles. The lowest BCUT2D eigenvalue weighted by Gasteiger charge is -2.26. The van der Waals surface area contributed by atoms with Crippen LogP contribution >= 0.6 is 0 Å². The van der Waals surface area contributed by atoms with Gasteiger partial charge < -0.3 is 5.11 Å². The Labute approximate surface area is 117 Å². The molecule has 0 amide bonds. The summed E-state index contributed by atoms with van der Waals surface area (Å²) >= 11 is 0. The Bertz CT molecular complexity index is 506. The third-order valence-corrected chi connectivity index (χ3v) is 3.86. The molecular weight excluding hydrogens is 256 g/mol. The van der Waals surface area contributed by atoms with Crippen LogP contribution in [0.3, 0.4) is 0 Å². The second-order valence-corrected chi connectivity index (χ2v) is 5.32. The summed E-state index contributed by atoms with van der Waals surface area (Å²) in [5, 5.41) is 8.81. The molecule has 0 radical (unpaired) electrons. The van der Waals surface area contributed by atoms with Crippen LogP contribution in [0.5, 0.6) is 0 Å². The van der Waals surface area contributed by atoms with Crippen molar-refractivity contribution in [2.24, 2.45) is 11.8 Å². The van der Waals surface area contributed by atoms with Crippen LogP contribution in [-0.4, -0.2) is 22.6 Å². The summed E-state index contributed by atoms with van der Waals surface area (Å²) in [5.74, 6) is -1.78. The van der Waals surface area contributed by atoms with E-state index in [0.717, 1.165) is 6.42 Å². The molecule has 1 aliphatic rings. The third-order valence-electron chi connectivity index (χ3n) is 3.86. The van der Waals surface area contributed by atoms with Crippen molar-refractivity contribution in [3.63, 3.8) is 0 Å². The molecule has 2 unspecified atom stereocenters. The van der Waals surface area contributed by atoms with Crippen LogP contribution in [-0.2, 0) is 9.59 Å². The molecule has 4 nitrogen and oxygen atoms in total. The molecule has 1 fully saturated rings. The lowest BCUT2D eigenvalue weighted by Crippen LogP contribution is -2.31. The molecule has 1 aromatic carbocycles. The fourth-order valence-electron chi connectivity index (χ4n) is 2.81.